The highest BCUT2D eigenvalue weighted by atomic mass is 35.5. The largest absolute Gasteiger partial charge is 0.544 e. The maximum atomic E-state index is 11.8. The number of hydrogen-bond donors (Lipinski definition) is 1. The Morgan fingerprint density at radius 2 is 2.12 bits per heavy atom. The number of hydrogen-bond acceptors (Lipinski definition) is 6. The third kappa shape index (κ3) is 4.94. The second kappa shape index (κ2) is 8.12. The number of aryl methyl sites for hydroxylation is 2. The Hall–Kier alpha value is -2.12. The SMILES string of the molecule is Cc1cc(OCCNC(=O)Cc2nc(C)c(C(=O)[O-])s2)ccc1Cl. The van der Waals surface area contributed by atoms with Gasteiger partial charge in [-0.25, -0.2) is 4.98 Å². The molecule has 2 aromatic rings. The molecule has 8 heteroatoms. The zero-order chi connectivity index (χ0) is 17.7. The molecule has 1 aromatic heterocycles. The second-order valence-corrected chi connectivity index (χ2v) is 6.59. The van der Waals surface area contributed by atoms with Gasteiger partial charge in [-0.15, -0.1) is 11.3 Å². The van der Waals surface area contributed by atoms with E-state index in [1.165, 1.54) is 0 Å². The molecular weight excluding hydrogens is 352 g/mol. The summed E-state index contributed by atoms with van der Waals surface area (Å²) in [6.45, 7) is 4.10. The van der Waals surface area contributed by atoms with E-state index in [-0.39, 0.29) is 17.2 Å². The van der Waals surface area contributed by atoms with Gasteiger partial charge < -0.3 is 20.0 Å². The van der Waals surface area contributed by atoms with Gasteiger partial charge in [0.2, 0.25) is 5.91 Å². The number of halogens is 1. The monoisotopic (exact) mass is 367 g/mol. The molecule has 0 radical (unpaired) electrons. The second-order valence-electron chi connectivity index (χ2n) is 5.10. The lowest BCUT2D eigenvalue weighted by atomic mass is 10.2. The average molecular weight is 368 g/mol. The highest BCUT2D eigenvalue weighted by Gasteiger charge is 2.11. The molecule has 0 aliphatic carbocycles. The number of ether oxygens (including phenoxy) is 1. The standard InChI is InChI=1S/C16H17ClN2O4S/c1-9-7-11(3-4-12(9)17)23-6-5-18-13(20)8-14-19-10(2)15(24-14)16(21)22/h3-4,7H,5-6,8H2,1-2H3,(H,18,20)(H,21,22)/p-1. The smallest absolute Gasteiger partial charge is 0.226 e. The molecule has 0 aliphatic rings. The molecule has 2 rings (SSSR count). The molecule has 0 unspecified atom stereocenters. The first-order chi connectivity index (χ1) is 11.4. The van der Waals surface area contributed by atoms with Gasteiger partial charge in [-0.1, -0.05) is 11.6 Å². The van der Waals surface area contributed by atoms with Gasteiger partial charge in [0.1, 0.15) is 17.4 Å². The maximum absolute atomic E-state index is 11.8. The lowest BCUT2D eigenvalue weighted by Gasteiger charge is -2.08. The Kier molecular flexibility index (Phi) is 6.16. The number of thiazole rings is 1. The van der Waals surface area contributed by atoms with Crippen molar-refractivity contribution in [2.24, 2.45) is 0 Å². The zero-order valence-electron chi connectivity index (χ0n) is 13.2. The molecule has 1 aromatic carbocycles. The Labute approximate surface area is 148 Å². The first kappa shape index (κ1) is 18.2. The number of nitrogens with zero attached hydrogens (tertiary/aromatic N) is 1. The van der Waals surface area contributed by atoms with Gasteiger partial charge in [0.05, 0.1) is 29.5 Å². The molecule has 0 spiro atoms. The van der Waals surface area contributed by atoms with Crippen molar-refractivity contribution in [1.82, 2.24) is 10.3 Å². The van der Waals surface area contributed by atoms with E-state index < -0.39 is 5.97 Å². The summed E-state index contributed by atoms with van der Waals surface area (Å²) in [7, 11) is 0. The number of aromatic nitrogens is 1. The van der Waals surface area contributed by atoms with Crippen LogP contribution < -0.4 is 15.2 Å². The van der Waals surface area contributed by atoms with Crippen LogP contribution in [-0.4, -0.2) is 30.0 Å². The summed E-state index contributed by atoms with van der Waals surface area (Å²) in [5.74, 6) is -0.840. The van der Waals surface area contributed by atoms with Crippen LogP contribution in [0, 0.1) is 13.8 Å². The van der Waals surface area contributed by atoms with Crippen LogP contribution in [0.2, 0.25) is 5.02 Å². The molecule has 1 heterocycles. The van der Waals surface area contributed by atoms with Gasteiger partial charge in [-0.3, -0.25) is 4.79 Å². The lowest BCUT2D eigenvalue weighted by molar-refractivity contribution is -0.254. The Balaban J connectivity index is 1.76. The summed E-state index contributed by atoms with van der Waals surface area (Å²) < 4.78 is 5.52. The van der Waals surface area contributed by atoms with Crippen LogP contribution in [-0.2, 0) is 11.2 Å². The molecule has 128 valence electrons. The third-order valence-electron chi connectivity index (χ3n) is 3.16. The van der Waals surface area contributed by atoms with Gasteiger partial charge in [-0.05, 0) is 37.6 Å². The predicted molar refractivity (Wildman–Crippen MR) is 89.6 cm³/mol. The molecule has 6 nitrogen and oxygen atoms in total. The fourth-order valence-electron chi connectivity index (χ4n) is 1.98. The van der Waals surface area contributed by atoms with E-state index >= 15 is 0 Å². The number of carboxylic acids is 1. The summed E-state index contributed by atoms with van der Waals surface area (Å²) in [5.41, 5.74) is 1.28. The van der Waals surface area contributed by atoms with E-state index in [0.717, 1.165) is 16.9 Å². The van der Waals surface area contributed by atoms with Gasteiger partial charge >= 0.3 is 0 Å². The van der Waals surface area contributed by atoms with E-state index in [1.54, 1.807) is 19.1 Å². The molecule has 1 amide bonds. The summed E-state index contributed by atoms with van der Waals surface area (Å²) >= 11 is 6.89. The number of rotatable bonds is 7. The molecule has 1 N–H and O–H groups in total. The van der Waals surface area contributed by atoms with E-state index in [2.05, 4.69) is 10.3 Å². The highest BCUT2D eigenvalue weighted by molar-refractivity contribution is 7.13. The van der Waals surface area contributed by atoms with Crippen molar-refractivity contribution in [3.8, 4) is 5.75 Å². The Morgan fingerprint density at radius 3 is 2.75 bits per heavy atom. The van der Waals surface area contributed by atoms with Crippen molar-refractivity contribution in [3.05, 3.63) is 44.4 Å². The highest BCUT2D eigenvalue weighted by Crippen LogP contribution is 2.21. The average Bonchev–Trinajstić information content (AvgIpc) is 2.88. The topological polar surface area (TPSA) is 91.3 Å². The van der Waals surface area contributed by atoms with Gasteiger partial charge in [0.15, 0.2) is 0 Å². The van der Waals surface area contributed by atoms with Crippen LogP contribution >= 0.6 is 22.9 Å². The zero-order valence-corrected chi connectivity index (χ0v) is 14.8. The van der Waals surface area contributed by atoms with Crippen molar-refractivity contribution in [2.45, 2.75) is 20.3 Å². The molecule has 0 saturated heterocycles. The summed E-state index contributed by atoms with van der Waals surface area (Å²) in [6, 6.07) is 5.34. The Bertz CT molecular complexity index is 761. The number of aromatic carboxylic acids is 1. The van der Waals surface area contributed by atoms with Crippen molar-refractivity contribution in [1.29, 1.82) is 0 Å². The van der Waals surface area contributed by atoms with Crippen LogP contribution in [0.25, 0.3) is 0 Å². The lowest BCUT2D eigenvalue weighted by Crippen LogP contribution is -2.29. The van der Waals surface area contributed by atoms with E-state index in [1.807, 2.05) is 13.0 Å². The minimum absolute atomic E-state index is 0.0266. The number of carboxylic acid groups (broad SMARTS) is 1. The number of nitrogens with one attached hydrogen (secondary N) is 1. The molecule has 24 heavy (non-hydrogen) atoms. The summed E-state index contributed by atoms with van der Waals surface area (Å²) in [5, 5.41) is 14.7. The normalized spacial score (nSPS) is 10.5. The van der Waals surface area contributed by atoms with Crippen LogP contribution in [0.1, 0.15) is 25.9 Å². The quantitative estimate of drug-likeness (QED) is 0.749. The maximum Gasteiger partial charge on any atom is 0.226 e. The van der Waals surface area contributed by atoms with Gasteiger partial charge in [-0.2, -0.15) is 0 Å². The molecule has 0 bridgehead atoms. The fraction of sp³-hybridized carbons (Fsp3) is 0.312. The summed E-state index contributed by atoms with van der Waals surface area (Å²) in [6.07, 6.45) is 0.0266. The first-order valence-electron chi connectivity index (χ1n) is 7.20. The number of benzene rings is 1. The fourth-order valence-corrected chi connectivity index (χ4v) is 3.00. The summed E-state index contributed by atoms with van der Waals surface area (Å²) in [4.78, 5) is 26.8. The van der Waals surface area contributed by atoms with E-state index in [0.29, 0.717) is 34.6 Å². The van der Waals surface area contributed by atoms with E-state index in [9.17, 15) is 14.7 Å². The predicted octanol–water partition coefficient (Wildman–Crippen LogP) is 1.51. The number of carbonyl (C=O) groups excluding carboxylic acids is 2. The van der Waals surface area contributed by atoms with Crippen molar-refractivity contribution in [2.75, 3.05) is 13.2 Å². The van der Waals surface area contributed by atoms with Crippen LogP contribution in [0.5, 0.6) is 5.75 Å². The minimum Gasteiger partial charge on any atom is -0.544 e. The molecule has 0 fully saturated rings. The Morgan fingerprint density at radius 1 is 1.38 bits per heavy atom. The minimum atomic E-state index is -1.27. The van der Waals surface area contributed by atoms with Crippen LogP contribution in [0.4, 0.5) is 0 Å². The number of carbonyl (C=O) groups is 2. The van der Waals surface area contributed by atoms with Gasteiger partial charge in [0, 0.05) is 5.02 Å². The van der Waals surface area contributed by atoms with Crippen LogP contribution in [0.15, 0.2) is 18.2 Å². The number of amides is 1. The van der Waals surface area contributed by atoms with E-state index in [4.69, 9.17) is 16.3 Å². The third-order valence-corrected chi connectivity index (χ3v) is 4.72. The molecular formula is C16H16ClN2O4S-. The first-order valence-corrected chi connectivity index (χ1v) is 8.39. The molecule has 0 atom stereocenters. The van der Waals surface area contributed by atoms with Crippen molar-refractivity contribution < 1.29 is 19.4 Å². The van der Waals surface area contributed by atoms with Crippen molar-refractivity contribution in [3.63, 3.8) is 0 Å². The molecule has 0 saturated carbocycles. The van der Waals surface area contributed by atoms with Gasteiger partial charge in [0.25, 0.3) is 0 Å². The molecule has 0 aliphatic heterocycles. The van der Waals surface area contributed by atoms with Crippen molar-refractivity contribution >= 4 is 34.8 Å². The van der Waals surface area contributed by atoms with Crippen LogP contribution in [0.3, 0.4) is 0 Å².